The maximum atomic E-state index is 12.2. The first-order valence-electron chi connectivity index (χ1n) is 6.84. The van der Waals surface area contributed by atoms with Crippen LogP contribution in [-0.4, -0.2) is 12.0 Å². The molecule has 2 aromatic rings. The number of nitrogens with zero attached hydrogens (tertiary/aromatic N) is 1. The van der Waals surface area contributed by atoms with Crippen LogP contribution in [0.1, 0.15) is 18.1 Å². The van der Waals surface area contributed by atoms with E-state index in [9.17, 15) is 4.79 Å². The van der Waals surface area contributed by atoms with Gasteiger partial charge in [-0.1, -0.05) is 17.7 Å². The van der Waals surface area contributed by atoms with Crippen LogP contribution in [0.4, 0.5) is 5.69 Å². The molecule has 0 heterocycles. The van der Waals surface area contributed by atoms with Gasteiger partial charge in [0, 0.05) is 4.47 Å². The first-order valence-corrected chi connectivity index (χ1v) is 8.01. The maximum Gasteiger partial charge on any atom is 0.265 e. The lowest BCUT2D eigenvalue weighted by molar-refractivity contribution is -0.122. The molecule has 0 fully saturated rings. The predicted molar refractivity (Wildman–Crippen MR) is 93.8 cm³/mol. The molecule has 0 unspecified atom stereocenters. The summed E-state index contributed by atoms with van der Waals surface area (Å²) in [6.45, 7) is 3.60. The molecule has 1 amide bonds. The van der Waals surface area contributed by atoms with E-state index in [-0.39, 0.29) is 5.91 Å². The zero-order valence-electron chi connectivity index (χ0n) is 12.6. The molecule has 2 aromatic carbocycles. The van der Waals surface area contributed by atoms with Crippen LogP contribution in [0, 0.1) is 18.3 Å². The second kappa shape index (κ2) is 7.49. The van der Waals surface area contributed by atoms with Crippen LogP contribution in [0.3, 0.4) is 0 Å². The van der Waals surface area contributed by atoms with E-state index in [1.165, 1.54) is 6.07 Å². The molecule has 1 atom stereocenters. The number of rotatable bonds is 4. The summed E-state index contributed by atoms with van der Waals surface area (Å²) in [6, 6.07) is 12.3. The van der Waals surface area contributed by atoms with Gasteiger partial charge in [0.2, 0.25) is 0 Å². The van der Waals surface area contributed by atoms with Crippen molar-refractivity contribution in [3.05, 3.63) is 57.0 Å². The number of anilines is 1. The number of carbonyl (C=O) groups excluding carboxylic acids is 1. The summed E-state index contributed by atoms with van der Waals surface area (Å²) >= 11 is 9.46. The van der Waals surface area contributed by atoms with Crippen LogP contribution in [0.15, 0.2) is 40.9 Å². The number of halogens is 2. The Morgan fingerprint density at radius 1 is 1.35 bits per heavy atom. The molecule has 0 aliphatic carbocycles. The quantitative estimate of drug-likeness (QED) is 0.819. The van der Waals surface area contributed by atoms with Crippen LogP contribution in [0.5, 0.6) is 5.75 Å². The Bertz CT molecular complexity index is 787. The zero-order chi connectivity index (χ0) is 17.0. The van der Waals surface area contributed by atoms with E-state index in [4.69, 9.17) is 21.6 Å². The van der Waals surface area contributed by atoms with Crippen molar-refractivity contribution in [1.82, 2.24) is 0 Å². The summed E-state index contributed by atoms with van der Waals surface area (Å²) in [5, 5.41) is 11.9. The van der Waals surface area contributed by atoms with Gasteiger partial charge in [0.15, 0.2) is 6.10 Å². The zero-order valence-corrected chi connectivity index (χ0v) is 14.9. The van der Waals surface area contributed by atoms with Gasteiger partial charge in [-0.3, -0.25) is 4.79 Å². The molecular formula is C17H14BrClN2O2. The van der Waals surface area contributed by atoms with Crippen molar-refractivity contribution in [3.63, 3.8) is 0 Å². The number of nitriles is 1. The number of benzene rings is 2. The minimum Gasteiger partial charge on any atom is -0.479 e. The molecule has 0 spiro atoms. The molecule has 23 heavy (non-hydrogen) atoms. The molecule has 4 nitrogen and oxygen atoms in total. The van der Waals surface area contributed by atoms with E-state index in [2.05, 4.69) is 21.2 Å². The lowest BCUT2D eigenvalue weighted by atomic mass is 10.2. The number of amides is 1. The minimum atomic E-state index is -0.742. The normalized spacial score (nSPS) is 11.4. The van der Waals surface area contributed by atoms with E-state index >= 15 is 0 Å². The average Bonchev–Trinajstić information content (AvgIpc) is 2.51. The van der Waals surface area contributed by atoms with Crippen LogP contribution in [-0.2, 0) is 4.79 Å². The number of carbonyl (C=O) groups is 1. The fourth-order valence-corrected chi connectivity index (χ4v) is 2.68. The SMILES string of the molecule is Cc1ccc(NC(=O)[C@H](C)Oc2ccc(C#N)cc2Cl)c(Br)c1. The van der Waals surface area contributed by atoms with Crippen molar-refractivity contribution < 1.29 is 9.53 Å². The lowest BCUT2D eigenvalue weighted by Crippen LogP contribution is -2.30. The van der Waals surface area contributed by atoms with Crippen LogP contribution < -0.4 is 10.1 Å². The second-order valence-electron chi connectivity index (χ2n) is 4.99. The van der Waals surface area contributed by atoms with Gasteiger partial charge in [0.25, 0.3) is 5.91 Å². The molecule has 0 saturated heterocycles. The van der Waals surface area contributed by atoms with Crippen molar-refractivity contribution in [2.45, 2.75) is 20.0 Å². The molecule has 6 heteroatoms. The molecule has 118 valence electrons. The van der Waals surface area contributed by atoms with Crippen molar-refractivity contribution in [3.8, 4) is 11.8 Å². The first kappa shape index (κ1) is 17.3. The number of nitrogens with one attached hydrogen (secondary N) is 1. The highest BCUT2D eigenvalue weighted by atomic mass is 79.9. The van der Waals surface area contributed by atoms with E-state index in [0.29, 0.717) is 22.0 Å². The number of aryl methyl sites for hydroxylation is 1. The van der Waals surface area contributed by atoms with Gasteiger partial charge in [-0.05, 0) is 65.7 Å². The molecule has 0 saturated carbocycles. The first-order chi connectivity index (χ1) is 10.9. The highest BCUT2D eigenvalue weighted by Crippen LogP contribution is 2.27. The van der Waals surface area contributed by atoms with E-state index in [1.54, 1.807) is 19.1 Å². The Morgan fingerprint density at radius 3 is 2.70 bits per heavy atom. The van der Waals surface area contributed by atoms with Crippen LogP contribution in [0.2, 0.25) is 5.02 Å². The fraction of sp³-hybridized carbons (Fsp3) is 0.176. The third-order valence-corrected chi connectivity index (χ3v) is 4.07. The number of hydrogen-bond donors (Lipinski definition) is 1. The summed E-state index contributed by atoms with van der Waals surface area (Å²) in [5.41, 5.74) is 2.19. The summed E-state index contributed by atoms with van der Waals surface area (Å²) in [6.07, 6.45) is -0.742. The predicted octanol–water partition coefficient (Wildman–Crippen LogP) is 4.69. The molecule has 0 aromatic heterocycles. The molecule has 2 rings (SSSR count). The topological polar surface area (TPSA) is 62.1 Å². The van der Waals surface area contributed by atoms with Gasteiger partial charge in [0.1, 0.15) is 5.75 Å². The smallest absolute Gasteiger partial charge is 0.265 e. The summed E-state index contributed by atoms with van der Waals surface area (Å²) in [7, 11) is 0. The third-order valence-electron chi connectivity index (χ3n) is 3.12. The number of hydrogen-bond acceptors (Lipinski definition) is 3. The van der Waals surface area contributed by atoms with Crippen molar-refractivity contribution in [2.24, 2.45) is 0 Å². The highest BCUT2D eigenvalue weighted by molar-refractivity contribution is 9.10. The number of ether oxygens (including phenoxy) is 1. The molecule has 0 radical (unpaired) electrons. The van der Waals surface area contributed by atoms with Crippen molar-refractivity contribution in [1.29, 1.82) is 5.26 Å². The Kier molecular flexibility index (Phi) is 5.64. The monoisotopic (exact) mass is 392 g/mol. The van der Waals surface area contributed by atoms with Gasteiger partial charge in [0.05, 0.1) is 22.3 Å². The van der Waals surface area contributed by atoms with E-state index in [0.717, 1.165) is 10.0 Å². The van der Waals surface area contributed by atoms with Gasteiger partial charge in [-0.2, -0.15) is 5.26 Å². The Balaban J connectivity index is 2.07. The van der Waals surface area contributed by atoms with Gasteiger partial charge in [-0.25, -0.2) is 0 Å². The van der Waals surface area contributed by atoms with Gasteiger partial charge in [-0.15, -0.1) is 0 Å². The minimum absolute atomic E-state index is 0.292. The Morgan fingerprint density at radius 2 is 2.09 bits per heavy atom. The Labute approximate surface area is 148 Å². The summed E-state index contributed by atoms with van der Waals surface area (Å²) in [4.78, 5) is 12.2. The van der Waals surface area contributed by atoms with Crippen molar-refractivity contribution >= 4 is 39.1 Å². The fourth-order valence-electron chi connectivity index (χ4n) is 1.87. The molecular weight excluding hydrogens is 380 g/mol. The largest absolute Gasteiger partial charge is 0.479 e. The summed E-state index contributed by atoms with van der Waals surface area (Å²) < 4.78 is 6.37. The summed E-state index contributed by atoms with van der Waals surface area (Å²) in [5.74, 6) is 0.0614. The second-order valence-corrected chi connectivity index (χ2v) is 6.25. The lowest BCUT2D eigenvalue weighted by Gasteiger charge is -2.16. The van der Waals surface area contributed by atoms with E-state index < -0.39 is 6.10 Å². The molecule has 0 bridgehead atoms. The molecule has 1 N–H and O–H groups in total. The van der Waals surface area contributed by atoms with Crippen LogP contribution in [0.25, 0.3) is 0 Å². The maximum absolute atomic E-state index is 12.2. The van der Waals surface area contributed by atoms with Crippen molar-refractivity contribution in [2.75, 3.05) is 5.32 Å². The average molecular weight is 394 g/mol. The highest BCUT2D eigenvalue weighted by Gasteiger charge is 2.17. The Hall–Kier alpha value is -2.03. The van der Waals surface area contributed by atoms with Gasteiger partial charge >= 0.3 is 0 Å². The molecule has 0 aliphatic rings. The van der Waals surface area contributed by atoms with E-state index in [1.807, 2.05) is 31.2 Å². The van der Waals surface area contributed by atoms with Gasteiger partial charge < -0.3 is 10.1 Å². The van der Waals surface area contributed by atoms with Crippen LogP contribution >= 0.6 is 27.5 Å². The third kappa shape index (κ3) is 4.47. The molecule has 0 aliphatic heterocycles. The standard InChI is InChI=1S/C17H14BrClN2O2/c1-10-3-5-15(13(18)7-10)21-17(22)11(2)23-16-6-4-12(9-20)8-14(16)19/h3-8,11H,1-2H3,(H,21,22)/t11-/m0/s1.